The highest BCUT2D eigenvalue weighted by Gasteiger charge is 2.20. The van der Waals surface area contributed by atoms with E-state index in [9.17, 15) is 19.8 Å². The number of hydrogen-bond donors (Lipinski definition) is 2. The van der Waals surface area contributed by atoms with Crippen molar-refractivity contribution in [2.24, 2.45) is 0 Å². The van der Waals surface area contributed by atoms with Gasteiger partial charge in [0.25, 0.3) is 0 Å². The first kappa shape index (κ1) is 18.2. The van der Waals surface area contributed by atoms with Crippen LogP contribution >= 0.6 is 0 Å². The summed E-state index contributed by atoms with van der Waals surface area (Å²) in [5.41, 5.74) is 1.90. The van der Waals surface area contributed by atoms with Crippen molar-refractivity contribution in [2.75, 3.05) is 11.9 Å². The van der Waals surface area contributed by atoms with Gasteiger partial charge in [-0.15, -0.1) is 0 Å². The lowest BCUT2D eigenvalue weighted by Gasteiger charge is -2.20. The van der Waals surface area contributed by atoms with Gasteiger partial charge in [0.2, 0.25) is 0 Å². The Morgan fingerprint density at radius 3 is 2.11 bits per heavy atom. The molecule has 0 aromatic heterocycles. The van der Waals surface area contributed by atoms with Crippen LogP contribution in [0.3, 0.4) is 0 Å². The van der Waals surface area contributed by atoms with Gasteiger partial charge in [0, 0.05) is 30.9 Å². The molecule has 27 heavy (non-hydrogen) atoms. The van der Waals surface area contributed by atoms with Crippen LogP contribution in [0, 0.1) is 0 Å². The number of carboxylic acids is 1. The largest absolute Gasteiger partial charge is 0.507 e. The van der Waals surface area contributed by atoms with E-state index in [4.69, 9.17) is 0 Å². The Kier molecular flexibility index (Phi) is 5.22. The summed E-state index contributed by atoms with van der Waals surface area (Å²) >= 11 is 0. The standard InChI is InChI=1S/C22H19NO4/c1-23(14-15-7-3-2-4-8-15)16-11-12-19(20(24)13-16)21(25)17-9-5-6-10-18(17)22(26)27/h2-13,24H,14H2,1H3,(H,26,27). The summed E-state index contributed by atoms with van der Waals surface area (Å²) in [6.45, 7) is 0.648. The zero-order chi connectivity index (χ0) is 19.4. The van der Waals surface area contributed by atoms with E-state index in [-0.39, 0.29) is 22.4 Å². The van der Waals surface area contributed by atoms with Gasteiger partial charge in [-0.25, -0.2) is 4.79 Å². The van der Waals surface area contributed by atoms with Gasteiger partial charge in [0.05, 0.1) is 11.1 Å². The third kappa shape index (κ3) is 3.98. The predicted octanol–water partition coefficient (Wildman–Crippen LogP) is 3.96. The normalized spacial score (nSPS) is 10.4. The van der Waals surface area contributed by atoms with Crippen molar-refractivity contribution >= 4 is 17.4 Å². The lowest BCUT2D eigenvalue weighted by Crippen LogP contribution is -2.16. The third-order valence-electron chi connectivity index (χ3n) is 4.33. The molecule has 3 rings (SSSR count). The molecule has 3 aromatic rings. The highest BCUT2D eigenvalue weighted by atomic mass is 16.4. The van der Waals surface area contributed by atoms with Crippen LogP contribution in [-0.2, 0) is 6.54 Å². The molecule has 0 aliphatic carbocycles. The Labute approximate surface area is 157 Å². The van der Waals surface area contributed by atoms with Crippen LogP contribution in [0.4, 0.5) is 5.69 Å². The molecule has 0 aliphatic rings. The SMILES string of the molecule is CN(Cc1ccccc1)c1ccc(C(=O)c2ccccc2C(=O)O)c(O)c1. The fourth-order valence-electron chi connectivity index (χ4n) is 2.91. The molecule has 0 saturated carbocycles. The molecule has 0 unspecified atom stereocenters. The fourth-order valence-corrected chi connectivity index (χ4v) is 2.91. The van der Waals surface area contributed by atoms with Crippen LogP contribution in [-0.4, -0.2) is 29.0 Å². The van der Waals surface area contributed by atoms with E-state index < -0.39 is 11.8 Å². The smallest absolute Gasteiger partial charge is 0.336 e. The summed E-state index contributed by atoms with van der Waals surface area (Å²) in [6, 6.07) is 20.6. The maximum Gasteiger partial charge on any atom is 0.336 e. The van der Waals surface area contributed by atoms with Crippen LogP contribution in [0.5, 0.6) is 5.75 Å². The van der Waals surface area contributed by atoms with E-state index in [1.165, 1.54) is 24.3 Å². The summed E-state index contributed by atoms with van der Waals surface area (Å²) < 4.78 is 0. The Hall–Kier alpha value is -3.60. The van der Waals surface area contributed by atoms with Gasteiger partial charge in [-0.1, -0.05) is 48.5 Å². The van der Waals surface area contributed by atoms with E-state index >= 15 is 0 Å². The van der Waals surface area contributed by atoms with Crippen LogP contribution in [0.15, 0.2) is 72.8 Å². The minimum absolute atomic E-state index is 0.0469. The average molecular weight is 361 g/mol. The molecule has 0 amide bonds. The van der Waals surface area contributed by atoms with Gasteiger partial charge < -0.3 is 15.1 Å². The number of phenolic OH excluding ortho intramolecular Hbond substituents is 1. The lowest BCUT2D eigenvalue weighted by atomic mass is 9.97. The van der Waals surface area contributed by atoms with Crippen molar-refractivity contribution in [1.29, 1.82) is 0 Å². The van der Waals surface area contributed by atoms with Crippen molar-refractivity contribution in [1.82, 2.24) is 0 Å². The highest BCUT2D eigenvalue weighted by molar-refractivity contribution is 6.15. The number of aromatic hydroxyl groups is 1. The number of carboxylic acid groups (broad SMARTS) is 1. The summed E-state index contributed by atoms with van der Waals surface area (Å²) in [7, 11) is 1.89. The highest BCUT2D eigenvalue weighted by Crippen LogP contribution is 2.28. The first-order chi connectivity index (χ1) is 13.0. The van der Waals surface area contributed by atoms with Gasteiger partial charge in [-0.05, 0) is 23.8 Å². The molecule has 0 spiro atoms. The van der Waals surface area contributed by atoms with E-state index in [1.54, 1.807) is 18.2 Å². The summed E-state index contributed by atoms with van der Waals surface area (Å²) in [5.74, 6) is -1.89. The van der Waals surface area contributed by atoms with Crippen molar-refractivity contribution in [3.8, 4) is 5.75 Å². The number of carbonyl (C=O) groups excluding carboxylic acids is 1. The van der Waals surface area contributed by atoms with E-state index in [0.29, 0.717) is 6.54 Å². The second kappa shape index (κ2) is 7.74. The zero-order valence-corrected chi connectivity index (χ0v) is 14.8. The van der Waals surface area contributed by atoms with Crippen molar-refractivity contribution in [2.45, 2.75) is 6.54 Å². The van der Waals surface area contributed by atoms with E-state index in [1.807, 2.05) is 42.3 Å². The topological polar surface area (TPSA) is 77.8 Å². The zero-order valence-electron chi connectivity index (χ0n) is 14.8. The number of aromatic carboxylic acids is 1. The number of ketones is 1. The number of carbonyl (C=O) groups is 2. The first-order valence-corrected chi connectivity index (χ1v) is 8.42. The molecule has 0 bridgehead atoms. The average Bonchev–Trinajstić information content (AvgIpc) is 2.68. The van der Waals surface area contributed by atoms with Crippen LogP contribution in [0.25, 0.3) is 0 Å². The fraction of sp³-hybridized carbons (Fsp3) is 0.0909. The maximum absolute atomic E-state index is 12.7. The van der Waals surface area contributed by atoms with Gasteiger partial charge in [0.1, 0.15) is 5.75 Å². The molecule has 2 N–H and O–H groups in total. The molecule has 0 radical (unpaired) electrons. The van der Waals surface area contributed by atoms with Crippen molar-refractivity contribution in [3.63, 3.8) is 0 Å². The van der Waals surface area contributed by atoms with Crippen LogP contribution in [0.2, 0.25) is 0 Å². The van der Waals surface area contributed by atoms with Crippen molar-refractivity contribution < 1.29 is 19.8 Å². The Bertz CT molecular complexity index is 983. The molecule has 3 aromatic carbocycles. The monoisotopic (exact) mass is 361 g/mol. The maximum atomic E-state index is 12.7. The van der Waals surface area contributed by atoms with Gasteiger partial charge in [0.15, 0.2) is 5.78 Å². The molecule has 5 nitrogen and oxygen atoms in total. The number of rotatable bonds is 6. The number of anilines is 1. The molecule has 0 atom stereocenters. The van der Waals surface area contributed by atoms with Crippen LogP contribution in [0.1, 0.15) is 31.8 Å². The molecule has 136 valence electrons. The van der Waals surface area contributed by atoms with Crippen LogP contribution < -0.4 is 4.90 Å². The predicted molar refractivity (Wildman–Crippen MR) is 103 cm³/mol. The number of benzene rings is 3. The molecule has 5 heteroatoms. The minimum Gasteiger partial charge on any atom is -0.507 e. The molecular weight excluding hydrogens is 342 g/mol. The van der Waals surface area contributed by atoms with E-state index in [0.717, 1.165) is 11.3 Å². The Morgan fingerprint density at radius 2 is 1.48 bits per heavy atom. The summed E-state index contributed by atoms with van der Waals surface area (Å²) in [5, 5.41) is 19.6. The Morgan fingerprint density at radius 1 is 0.852 bits per heavy atom. The molecule has 0 fully saturated rings. The van der Waals surface area contributed by atoms with E-state index in [2.05, 4.69) is 0 Å². The summed E-state index contributed by atoms with van der Waals surface area (Å²) in [4.78, 5) is 26.0. The number of phenols is 1. The second-order valence-electron chi connectivity index (χ2n) is 6.22. The van der Waals surface area contributed by atoms with Gasteiger partial charge >= 0.3 is 5.97 Å². The number of hydrogen-bond acceptors (Lipinski definition) is 4. The van der Waals surface area contributed by atoms with Crippen molar-refractivity contribution in [3.05, 3.63) is 95.1 Å². The second-order valence-corrected chi connectivity index (χ2v) is 6.22. The molecule has 0 heterocycles. The molecule has 0 aliphatic heterocycles. The van der Waals surface area contributed by atoms with Gasteiger partial charge in [-0.3, -0.25) is 4.79 Å². The molecule has 0 saturated heterocycles. The summed E-state index contributed by atoms with van der Waals surface area (Å²) in [6.07, 6.45) is 0. The first-order valence-electron chi connectivity index (χ1n) is 8.42. The number of nitrogens with zero attached hydrogens (tertiary/aromatic N) is 1. The van der Waals surface area contributed by atoms with Gasteiger partial charge in [-0.2, -0.15) is 0 Å². The quantitative estimate of drug-likeness (QED) is 0.650. The minimum atomic E-state index is -1.18. The Balaban J connectivity index is 1.87. The third-order valence-corrected chi connectivity index (χ3v) is 4.33. The molecular formula is C22H19NO4. The lowest BCUT2D eigenvalue weighted by molar-refractivity contribution is 0.0692.